The minimum atomic E-state index is -0.338. The smallest absolute Gasteiger partial charge is 0.253 e. The highest BCUT2D eigenvalue weighted by atomic mass is 19.1. The molecule has 0 bridgehead atoms. The fourth-order valence-corrected chi connectivity index (χ4v) is 2.13. The standard InChI is InChI=1S/C13H13FN2O2/c1-16-5-11(13(17)15-9-6-18-7-9)10-4-8(14)2-3-12(10)16/h2-5,9H,6-7H2,1H3,(H,15,17). The zero-order valence-corrected chi connectivity index (χ0v) is 9.94. The number of amides is 1. The highest BCUT2D eigenvalue weighted by Crippen LogP contribution is 2.22. The molecule has 1 aromatic heterocycles. The summed E-state index contributed by atoms with van der Waals surface area (Å²) in [5.74, 6) is -0.519. The van der Waals surface area contributed by atoms with Crippen LogP contribution in [0.4, 0.5) is 4.39 Å². The van der Waals surface area contributed by atoms with E-state index in [2.05, 4.69) is 5.32 Å². The van der Waals surface area contributed by atoms with Gasteiger partial charge in [-0.25, -0.2) is 4.39 Å². The van der Waals surface area contributed by atoms with Crippen molar-refractivity contribution in [3.63, 3.8) is 0 Å². The van der Waals surface area contributed by atoms with Crippen LogP contribution in [0.1, 0.15) is 10.4 Å². The second-order valence-corrected chi connectivity index (χ2v) is 4.52. The van der Waals surface area contributed by atoms with Gasteiger partial charge in [0, 0.05) is 24.1 Å². The van der Waals surface area contributed by atoms with E-state index in [9.17, 15) is 9.18 Å². The topological polar surface area (TPSA) is 43.3 Å². The number of halogens is 1. The van der Waals surface area contributed by atoms with Gasteiger partial charge in [0.1, 0.15) is 5.82 Å². The quantitative estimate of drug-likeness (QED) is 0.874. The van der Waals surface area contributed by atoms with E-state index in [0.29, 0.717) is 24.2 Å². The maximum atomic E-state index is 13.3. The van der Waals surface area contributed by atoms with E-state index in [-0.39, 0.29) is 17.8 Å². The van der Waals surface area contributed by atoms with Gasteiger partial charge < -0.3 is 14.6 Å². The molecule has 1 aliphatic heterocycles. The van der Waals surface area contributed by atoms with Crippen LogP contribution in [0.3, 0.4) is 0 Å². The molecule has 1 aromatic carbocycles. The van der Waals surface area contributed by atoms with Crippen LogP contribution in [0.5, 0.6) is 0 Å². The van der Waals surface area contributed by atoms with Crippen LogP contribution < -0.4 is 5.32 Å². The molecule has 18 heavy (non-hydrogen) atoms. The summed E-state index contributed by atoms with van der Waals surface area (Å²) in [6, 6.07) is 4.53. The van der Waals surface area contributed by atoms with Crippen molar-refractivity contribution < 1.29 is 13.9 Å². The number of fused-ring (bicyclic) bond motifs is 1. The van der Waals surface area contributed by atoms with E-state index in [1.54, 1.807) is 12.3 Å². The van der Waals surface area contributed by atoms with Crippen molar-refractivity contribution in [2.45, 2.75) is 6.04 Å². The van der Waals surface area contributed by atoms with Crippen LogP contribution in [0.25, 0.3) is 10.9 Å². The van der Waals surface area contributed by atoms with Crippen LogP contribution in [0.15, 0.2) is 24.4 Å². The van der Waals surface area contributed by atoms with Crippen molar-refractivity contribution in [3.8, 4) is 0 Å². The maximum Gasteiger partial charge on any atom is 0.253 e. The number of carbonyl (C=O) groups excluding carboxylic acids is 1. The number of nitrogens with one attached hydrogen (secondary N) is 1. The largest absolute Gasteiger partial charge is 0.377 e. The molecule has 0 atom stereocenters. The Balaban J connectivity index is 1.99. The van der Waals surface area contributed by atoms with E-state index in [4.69, 9.17) is 4.74 Å². The van der Waals surface area contributed by atoms with Crippen LogP contribution in [-0.4, -0.2) is 29.7 Å². The molecule has 1 aliphatic rings. The van der Waals surface area contributed by atoms with E-state index in [1.165, 1.54) is 12.1 Å². The van der Waals surface area contributed by atoms with Gasteiger partial charge in [0.05, 0.1) is 24.8 Å². The Hall–Kier alpha value is -1.88. The average Bonchev–Trinajstić information content (AvgIpc) is 2.61. The van der Waals surface area contributed by atoms with Gasteiger partial charge >= 0.3 is 0 Å². The first-order valence-electron chi connectivity index (χ1n) is 5.78. The van der Waals surface area contributed by atoms with Crippen molar-refractivity contribution in [2.24, 2.45) is 7.05 Å². The number of ether oxygens (including phenoxy) is 1. The van der Waals surface area contributed by atoms with Crippen molar-refractivity contribution in [2.75, 3.05) is 13.2 Å². The Morgan fingerprint density at radius 1 is 1.50 bits per heavy atom. The molecular weight excluding hydrogens is 235 g/mol. The van der Waals surface area contributed by atoms with Crippen LogP contribution >= 0.6 is 0 Å². The second kappa shape index (κ2) is 4.10. The number of aryl methyl sites for hydroxylation is 1. The van der Waals surface area contributed by atoms with Gasteiger partial charge in [-0.15, -0.1) is 0 Å². The molecule has 1 saturated heterocycles. The Kier molecular flexibility index (Phi) is 2.56. The zero-order chi connectivity index (χ0) is 12.7. The SMILES string of the molecule is Cn1cc(C(=O)NC2COC2)c2cc(F)ccc21. The molecule has 1 N–H and O–H groups in total. The van der Waals surface area contributed by atoms with Crippen molar-refractivity contribution in [3.05, 3.63) is 35.8 Å². The monoisotopic (exact) mass is 248 g/mol. The summed E-state index contributed by atoms with van der Waals surface area (Å²) in [6.07, 6.45) is 1.72. The molecule has 5 heteroatoms. The third-order valence-corrected chi connectivity index (χ3v) is 3.17. The van der Waals surface area contributed by atoms with E-state index < -0.39 is 0 Å². The lowest BCUT2D eigenvalue weighted by Crippen LogP contribution is -2.48. The molecule has 0 aliphatic carbocycles. The van der Waals surface area contributed by atoms with Crippen LogP contribution in [0, 0.1) is 5.82 Å². The summed E-state index contributed by atoms with van der Waals surface area (Å²) in [5, 5.41) is 3.49. The average molecular weight is 248 g/mol. The molecule has 1 fully saturated rings. The number of nitrogens with zero attached hydrogens (tertiary/aromatic N) is 1. The Labute approximate surface area is 103 Å². The van der Waals surface area contributed by atoms with E-state index in [0.717, 1.165) is 5.52 Å². The maximum absolute atomic E-state index is 13.3. The molecule has 1 amide bonds. The molecule has 2 aromatic rings. The third kappa shape index (κ3) is 1.76. The number of hydrogen-bond acceptors (Lipinski definition) is 2. The van der Waals surface area contributed by atoms with Crippen molar-refractivity contribution in [1.29, 1.82) is 0 Å². The van der Waals surface area contributed by atoms with E-state index in [1.807, 2.05) is 11.6 Å². The number of carbonyl (C=O) groups is 1. The molecule has 3 rings (SSSR count). The van der Waals surface area contributed by atoms with Gasteiger partial charge in [-0.05, 0) is 18.2 Å². The first-order valence-corrected chi connectivity index (χ1v) is 5.78. The Bertz CT molecular complexity index is 617. The zero-order valence-electron chi connectivity index (χ0n) is 9.94. The predicted molar refractivity (Wildman–Crippen MR) is 65.0 cm³/mol. The van der Waals surface area contributed by atoms with Crippen LogP contribution in [0.2, 0.25) is 0 Å². The van der Waals surface area contributed by atoms with Crippen molar-refractivity contribution >= 4 is 16.8 Å². The molecule has 94 valence electrons. The van der Waals surface area contributed by atoms with Gasteiger partial charge in [0.15, 0.2) is 0 Å². The minimum Gasteiger partial charge on any atom is -0.377 e. The molecule has 2 heterocycles. The number of hydrogen-bond donors (Lipinski definition) is 1. The summed E-state index contributed by atoms with van der Waals surface area (Å²) in [7, 11) is 1.84. The summed E-state index contributed by atoms with van der Waals surface area (Å²) in [6.45, 7) is 1.09. The summed E-state index contributed by atoms with van der Waals surface area (Å²) in [5.41, 5.74) is 1.34. The highest BCUT2D eigenvalue weighted by Gasteiger charge is 2.23. The number of aromatic nitrogens is 1. The molecular formula is C13H13FN2O2. The third-order valence-electron chi connectivity index (χ3n) is 3.17. The fourth-order valence-electron chi connectivity index (χ4n) is 2.13. The lowest BCUT2D eigenvalue weighted by Gasteiger charge is -2.26. The summed E-state index contributed by atoms with van der Waals surface area (Å²) < 4.78 is 20.1. The molecule has 0 saturated carbocycles. The Morgan fingerprint density at radius 3 is 2.94 bits per heavy atom. The second-order valence-electron chi connectivity index (χ2n) is 4.52. The molecule has 0 unspecified atom stereocenters. The highest BCUT2D eigenvalue weighted by molar-refractivity contribution is 6.07. The van der Waals surface area contributed by atoms with Gasteiger partial charge in [-0.3, -0.25) is 4.79 Å². The first-order chi connectivity index (χ1) is 8.65. The molecule has 0 spiro atoms. The lowest BCUT2D eigenvalue weighted by atomic mass is 10.1. The number of benzene rings is 1. The normalized spacial score (nSPS) is 15.7. The first kappa shape index (κ1) is 11.2. The lowest BCUT2D eigenvalue weighted by molar-refractivity contribution is -0.00343. The Morgan fingerprint density at radius 2 is 2.28 bits per heavy atom. The van der Waals surface area contributed by atoms with Gasteiger partial charge in [-0.1, -0.05) is 0 Å². The van der Waals surface area contributed by atoms with Gasteiger partial charge in [0.2, 0.25) is 0 Å². The summed E-state index contributed by atoms with van der Waals surface area (Å²) >= 11 is 0. The minimum absolute atomic E-state index is 0.0707. The fraction of sp³-hybridized carbons (Fsp3) is 0.308. The van der Waals surface area contributed by atoms with Crippen molar-refractivity contribution in [1.82, 2.24) is 9.88 Å². The van der Waals surface area contributed by atoms with Gasteiger partial charge in [-0.2, -0.15) is 0 Å². The van der Waals surface area contributed by atoms with Gasteiger partial charge in [0.25, 0.3) is 5.91 Å². The molecule has 4 nitrogen and oxygen atoms in total. The van der Waals surface area contributed by atoms with E-state index >= 15 is 0 Å². The molecule has 0 radical (unpaired) electrons. The predicted octanol–water partition coefficient (Wildman–Crippen LogP) is 1.45. The summed E-state index contributed by atoms with van der Waals surface area (Å²) in [4.78, 5) is 12.1. The van der Waals surface area contributed by atoms with Crippen LogP contribution in [-0.2, 0) is 11.8 Å². The number of rotatable bonds is 2.